The van der Waals surface area contributed by atoms with Gasteiger partial charge >= 0.3 is 0 Å². The minimum atomic E-state index is -0.392. The van der Waals surface area contributed by atoms with Gasteiger partial charge in [-0.1, -0.05) is 144 Å². The smallest absolute Gasteiger partial charge is 0.185 e. The van der Waals surface area contributed by atoms with Crippen LogP contribution in [0, 0.1) is 59.2 Å². The molecule has 2 heterocycles. The van der Waals surface area contributed by atoms with Crippen molar-refractivity contribution in [2.75, 3.05) is 26.4 Å². The number of ether oxygens (including phenoxy) is 4. The Kier molecular flexibility index (Phi) is 11.5. The molecule has 4 nitrogen and oxygen atoms in total. The topological polar surface area (TPSA) is 36.9 Å². The zero-order valence-electron chi connectivity index (χ0n) is 30.5. The molecule has 6 aromatic carbocycles. The van der Waals surface area contributed by atoms with E-state index in [0.29, 0.717) is 26.4 Å². The summed E-state index contributed by atoms with van der Waals surface area (Å²) in [5.74, 6) is 33.4. The van der Waals surface area contributed by atoms with E-state index in [9.17, 15) is 0 Å². The normalized spacial score (nSPS) is 13.4. The lowest BCUT2D eigenvalue weighted by atomic mass is 10.0. The molecule has 2 fully saturated rings. The molecule has 8 rings (SSSR count). The summed E-state index contributed by atoms with van der Waals surface area (Å²) in [7, 11) is 0. The molecule has 0 radical (unpaired) electrons. The minimum absolute atomic E-state index is 0.392. The van der Waals surface area contributed by atoms with Crippen molar-refractivity contribution in [1.29, 1.82) is 0 Å². The lowest BCUT2D eigenvalue weighted by molar-refractivity contribution is -0.0444. The van der Waals surface area contributed by atoms with Crippen LogP contribution in [0.25, 0.3) is 0 Å². The summed E-state index contributed by atoms with van der Waals surface area (Å²) in [5.41, 5.74) is 10.2. The number of benzene rings is 6. The van der Waals surface area contributed by atoms with Gasteiger partial charge in [0.15, 0.2) is 12.6 Å². The summed E-state index contributed by atoms with van der Waals surface area (Å²) < 4.78 is 23.0. The van der Waals surface area contributed by atoms with Gasteiger partial charge in [0, 0.05) is 66.8 Å². The van der Waals surface area contributed by atoms with Gasteiger partial charge in [-0.15, -0.1) is 0 Å². The fraction of sp³-hybridized carbons (Fsp3) is 0.115. The molecule has 2 aliphatic rings. The highest BCUT2D eigenvalue weighted by molar-refractivity contribution is 5.61. The van der Waals surface area contributed by atoms with Crippen molar-refractivity contribution in [2.24, 2.45) is 0 Å². The van der Waals surface area contributed by atoms with Crippen LogP contribution < -0.4 is 0 Å². The Morgan fingerprint density at radius 2 is 0.429 bits per heavy atom. The summed E-state index contributed by atoms with van der Waals surface area (Å²) in [6.45, 7) is 2.31. The van der Waals surface area contributed by atoms with Crippen molar-refractivity contribution in [3.63, 3.8) is 0 Å². The van der Waals surface area contributed by atoms with E-state index in [0.717, 1.165) is 66.8 Å². The van der Waals surface area contributed by atoms with Crippen molar-refractivity contribution in [1.82, 2.24) is 0 Å². The van der Waals surface area contributed by atoms with Crippen LogP contribution in [0.5, 0.6) is 0 Å². The molecule has 0 amide bonds. The third-order valence-corrected chi connectivity index (χ3v) is 9.04. The predicted molar refractivity (Wildman–Crippen MR) is 218 cm³/mol. The highest BCUT2D eigenvalue weighted by Gasteiger charge is 2.21. The average Bonchev–Trinajstić information content (AvgIpc) is 4.01. The largest absolute Gasteiger partial charge is 0.346 e. The van der Waals surface area contributed by atoms with Gasteiger partial charge in [-0.3, -0.25) is 0 Å². The first-order chi connectivity index (χ1) is 27.8. The Morgan fingerprint density at radius 1 is 0.250 bits per heavy atom. The quantitative estimate of drug-likeness (QED) is 0.168. The first kappa shape index (κ1) is 36.0. The average molecular weight is 723 g/mol. The van der Waals surface area contributed by atoms with Gasteiger partial charge in [-0.2, -0.15) is 0 Å². The molecule has 2 saturated heterocycles. The van der Waals surface area contributed by atoms with E-state index in [4.69, 9.17) is 18.9 Å². The van der Waals surface area contributed by atoms with Gasteiger partial charge in [-0.05, 0) is 60.7 Å². The molecule has 6 aromatic rings. The lowest BCUT2D eigenvalue weighted by Crippen LogP contribution is -2.00. The summed E-state index contributed by atoms with van der Waals surface area (Å²) in [4.78, 5) is 0. The molecule has 2 aliphatic heterocycles. The number of rotatable bonds is 2. The van der Waals surface area contributed by atoms with Crippen molar-refractivity contribution < 1.29 is 18.9 Å². The standard InChI is InChI=1S/C52H34O4/c1-3-15-41(27-29-43-17-5-7-19-45(43)31-33-47-21-9-11-23-49(47)51-53-35-36-54-51)39(13-1)25-26-40-14-2-4-16-42(40)28-30-44-18-6-8-20-46(44)32-34-48-22-10-12-24-50(48)52-55-37-38-56-52/h1-24,51-52H,35-38H2. The molecule has 0 bridgehead atoms. The van der Waals surface area contributed by atoms with Gasteiger partial charge < -0.3 is 18.9 Å². The van der Waals surface area contributed by atoms with Crippen LogP contribution in [0.4, 0.5) is 0 Å². The van der Waals surface area contributed by atoms with Crippen LogP contribution >= 0.6 is 0 Å². The molecule has 0 atom stereocenters. The summed E-state index contributed by atoms with van der Waals surface area (Å²) in [6.07, 6.45) is -0.784. The fourth-order valence-electron chi connectivity index (χ4n) is 6.19. The van der Waals surface area contributed by atoms with E-state index in [1.807, 2.05) is 146 Å². The maximum atomic E-state index is 5.74. The molecule has 266 valence electrons. The van der Waals surface area contributed by atoms with Gasteiger partial charge in [0.05, 0.1) is 26.4 Å². The Labute approximate surface area is 328 Å². The third kappa shape index (κ3) is 8.83. The van der Waals surface area contributed by atoms with Crippen molar-refractivity contribution >= 4 is 0 Å². The van der Waals surface area contributed by atoms with Crippen LogP contribution in [0.3, 0.4) is 0 Å². The first-order valence-corrected chi connectivity index (χ1v) is 18.4. The van der Waals surface area contributed by atoms with Crippen LogP contribution in [-0.2, 0) is 18.9 Å². The minimum Gasteiger partial charge on any atom is -0.346 e. The molecule has 0 aromatic heterocycles. The molecule has 0 aliphatic carbocycles. The molecular weight excluding hydrogens is 689 g/mol. The fourth-order valence-corrected chi connectivity index (χ4v) is 6.19. The van der Waals surface area contributed by atoms with E-state index in [2.05, 4.69) is 59.2 Å². The van der Waals surface area contributed by atoms with Crippen LogP contribution in [-0.4, -0.2) is 26.4 Å². The van der Waals surface area contributed by atoms with Gasteiger partial charge in [0.25, 0.3) is 0 Å². The molecular formula is C52H34O4. The summed E-state index contributed by atoms with van der Waals surface area (Å²) in [5, 5.41) is 0. The van der Waals surface area contributed by atoms with Gasteiger partial charge in [0.2, 0.25) is 0 Å². The highest BCUT2D eigenvalue weighted by atomic mass is 16.7. The van der Waals surface area contributed by atoms with Gasteiger partial charge in [-0.25, -0.2) is 0 Å². The van der Waals surface area contributed by atoms with Gasteiger partial charge in [0.1, 0.15) is 0 Å². The lowest BCUT2D eigenvalue weighted by Gasteiger charge is -2.11. The van der Waals surface area contributed by atoms with E-state index in [1.165, 1.54) is 0 Å². The number of hydrogen-bond acceptors (Lipinski definition) is 4. The monoisotopic (exact) mass is 722 g/mol. The van der Waals surface area contributed by atoms with E-state index in [-0.39, 0.29) is 0 Å². The third-order valence-electron chi connectivity index (χ3n) is 9.04. The second kappa shape index (κ2) is 17.9. The molecule has 0 N–H and O–H groups in total. The van der Waals surface area contributed by atoms with Crippen LogP contribution in [0.2, 0.25) is 0 Å². The van der Waals surface area contributed by atoms with E-state index in [1.54, 1.807) is 0 Å². The SMILES string of the molecule is C(#Cc1ccccc1C#Cc1ccccc1C#Cc1ccccc1C1OCCO1)c1ccccc1C#Cc1ccccc1C#Cc1ccccc1C1OCCO1. The molecule has 0 unspecified atom stereocenters. The van der Waals surface area contributed by atoms with Crippen molar-refractivity contribution in [3.05, 3.63) is 212 Å². The van der Waals surface area contributed by atoms with E-state index >= 15 is 0 Å². The molecule has 0 saturated carbocycles. The number of hydrogen-bond donors (Lipinski definition) is 0. The Balaban J connectivity index is 1.04. The predicted octanol–water partition coefficient (Wildman–Crippen LogP) is 8.78. The zero-order chi connectivity index (χ0) is 37.8. The Hall–Kier alpha value is -7.04. The second-order valence-corrected chi connectivity index (χ2v) is 12.8. The Bertz CT molecular complexity index is 2520. The highest BCUT2D eigenvalue weighted by Crippen LogP contribution is 2.27. The van der Waals surface area contributed by atoms with Crippen LogP contribution in [0.15, 0.2) is 146 Å². The molecule has 0 spiro atoms. The maximum absolute atomic E-state index is 5.74. The summed E-state index contributed by atoms with van der Waals surface area (Å²) in [6, 6.07) is 47.5. The van der Waals surface area contributed by atoms with Crippen molar-refractivity contribution in [3.8, 4) is 59.2 Å². The van der Waals surface area contributed by atoms with Crippen LogP contribution in [0.1, 0.15) is 79.3 Å². The Morgan fingerprint density at radius 3 is 0.661 bits per heavy atom. The summed E-state index contributed by atoms with van der Waals surface area (Å²) >= 11 is 0. The molecule has 4 heteroatoms. The zero-order valence-corrected chi connectivity index (χ0v) is 30.5. The second-order valence-electron chi connectivity index (χ2n) is 12.8. The molecule has 56 heavy (non-hydrogen) atoms. The maximum Gasteiger partial charge on any atom is 0.185 e. The van der Waals surface area contributed by atoms with Crippen molar-refractivity contribution in [2.45, 2.75) is 12.6 Å². The first-order valence-electron chi connectivity index (χ1n) is 18.4. The van der Waals surface area contributed by atoms with E-state index < -0.39 is 12.6 Å².